The second-order valence-corrected chi connectivity index (χ2v) is 5.39. The minimum absolute atomic E-state index is 0.00308. The molecule has 1 saturated heterocycles. The fourth-order valence-electron chi connectivity index (χ4n) is 1.88. The molecule has 19 heavy (non-hydrogen) atoms. The molecule has 0 radical (unpaired) electrons. The fourth-order valence-corrected chi connectivity index (χ4v) is 2.34. The Labute approximate surface area is 116 Å². The average Bonchev–Trinajstić information content (AvgIpc) is 2.66. The van der Waals surface area contributed by atoms with Gasteiger partial charge in [0.05, 0.1) is 11.0 Å². The standard InChI is InChI=1S/C12H12BrF3N2O/c1-7-4-8(13)9(14)5-10(7)17-11(19)18-3-2-12(15,16)6-18/h4-5H,2-3,6H2,1H3,(H,17,19). The Kier molecular flexibility index (Phi) is 3.75. The molecule has 0 spiro atoms. The second-order valence-electron chi connectivity index (χ2n) is 4.54. The normalized spacial score (nSPS) is 17.6. The van der Waals surface area contributed by atoms with Crippen molar-refractivity contribution in [3.63, 3.8) is 0 Å². The van der Waals surface area contributed by atoms with Gasteiger partial charge in [-0.05, 0) is 40.5 Å². The fraction of sp³-hybridized carbons (Fsp3) is 0.417. The van der Waals surface area contributed by atoms with Crippen LogP contribution in [0.5, 0.6) is 0 Å². The van der Waals surface area contributed by atoms with Crippen molar-refractivity contribution in [3.8, 4) is 0 Å². The first kappa shape index (κ1) is 14.2. The van der Waals surface area contributed by atoms with Crippen molar-refractivity contribution in [3.05, 3.63) is 28.0 Å². The molecule has 2 amide bonds. The predicted octanol–water partition coefficient (Wildman–Crippen LogP) is 3.77. The lowest BCUT2D eigenvalue weighted by Crippen LogP contribution is -2.35. The van der Waals surface area contributed by atoms with Crippen molar-refractivity contribution in [2.24, 2.45) is 0 Å². The molecule has 3 nitrogen and oxygen atoms in total. The molecule has 0 aromatic heterocycles. The summed E-state index contributed by atoms with van der Waals surface area (Å²) in [5.41, 5.74) is 0.925. The number of urea groups is 1. The number of hydrogen-bond acceptors (Lipinski definition) is 1. The number of anilines is 1. The second kappa shape index (κ2) is 5.03. The topological polar surface area (TPSA) is 32.3 Å². The first-order valence-electron chi connectivity index (χ1n) is 5.68. The molecule has 0 atom stereocenters. The summed E-state index contributed by atoms with van der Waals surface area (Å²) in [5.74, 6) is -3.36. The van der Waals surface area contributed by atoms with Crippen LogP contribution >= 0.6 is 15.9 Å². The third kappa shape index (κ3) is 3.20. The number of alkyl halides is 2. The Morgan fingerprint density at radius 1 is 1.47 bits per heavy atom. The van der Waals surface area contributed by atoms with Crippen molar-refractivity contribution in [1.82, 2.24) is 4.90 Å². The van der Waals surface area contributed by atoms with E-state index in [1.807, 2.05) is 0 Å². The largest absolute Gasteiger partial charge is 0.322 e. The number of halogens is 4. The van der Waals surface area contributed by atoms with Crippen molar-refractivity contribution in [2.45, 2.75) is 19.3 Å². The number of nitrogens with one attached hydrogen (secondary N) is 1. The first-order valence-corrected chi connectivity index (χ1v) is 6.47. The highest BCUT2D eigenvalue weighted by atomic mass is 79.9. The maximum absolute atomic E-state index is 13.4. The molecule has 0 saturated carbocycles. The van der Waals surface area contributed by atoms with Crippen molar-refractivity contribution >= 4 is 27.6 Å². The Balaban J connectivity index is 2.10. The van der Waals surface area contributed by atoms with E-state index in [0.29, 0.717) is 5.56 Å². The summed E-state index contributed by atoms with van der Waals surface area (Å²) in [6.07, 6.45) is -0.339. The van der Waals surface area contributed by atoms with Crippen molar-refractivity contribution in [1.29, 1.82) is 0 Å². The van der Waals surface area contributed by atoms with Gasteiger partial charge in [-0.25, -0.2) is 18.0 Å². The van der Waals surface area contributed by atoms with Gasteiger partial charge in [0.25, 0.3) is 5.92 Å². The minimum Gasteiger partial charge on any atom is -0.318 e. The smallest absolute Gasteiger partial charge is 0.318 e. The third-order valence-electron chi connectivity index (χ3n) is 2.97. The van der Waals surface area contributed by atoms with Gasteiger partial charge in [0.2, 0.25) is 0 Å². The van der Waals surface area contributed by atoms with E-state index < -0.39 is 24.3 Å². The highest BCUT2D eigenvalue weighted by Crippen LogP contribution is 2.28. The van der Waals surface area contributed by atoms with Crippen LogP contribution in [0.3, 0.4) is 0 Å². The summed E-state index contributed by atoms with van der Waals surface area (Å²) in [4.78, 5) is 12.8. The van der Waals surface area contributed by atoms with E-state index in [1.54, 1.807) is 6.92 Å². The molecule has 0 aliphatic carbocycles. The van der Waals surface area contributed by atoms with E-state index >= 15 is 0 Å². The molecule has 1 N–H and O–H groups in total. The zero-order valence-corrected chi connectivity index (χ0v) is 11.7. The van der Waals surface area contributed by atoms with Gasteiger partial charge >= 0.3 is 6.03 Å². The van der Waals surface area contributed by atoms with Gasteiger partial charge in [-0.2, -0.15) is 0 Å². The van der Waals surface area contributed by atoms with E-state index in [1.165, 1.54) is 6.07 Å². The molecule has 7 heteroatoms. The Bertz CT molecular complexity index is 522. The predicted molar refractivity (Wildman–Crippen MR) is 69.0 cm³/mol. The molecule has 1 aliphatic rings. The summed E-state index contributed by atoms with van der Waals surface area (Å²) in [5, 5.41) is 2.45. The minimum atomic E-state index is -2.84. The van der Waals surface area contributed by atoms with E-state index in [-0.39, 0.29) is 23.1 Å². The first-order chi connectivity index (χ1) is 8.78. The van der Waals surface area contributed by atoms with Gasteiger partial charge in [0, 0.05) is 18.7 Å². The molecule has 0 unspecified atom stereocenters. The van der Waals surface area contributed by atoms with Crippen LogP contribution in [0.2, 0.25) is 0 Å². The molecular formula is C12H12BrF3N2O. The zero-order chi connectivity index (χ0) is 14.2. The molecule has 0 bridgehead atoms. The number of amides is 2. The van der Waals surface area contributed by atoms with Crippen LogP contribution < -0.4 is 5.32 Å². The highest BCUT2D eigenvalue weighted by Gasteiger charge is 2.40. The molecule has 1 fully saturated rings. The van der Waals surface area contributed by atoms with E-state index in [9.17, 15) is 18.0 Å². The van der Waals surface area contributed by atoms with Gasteiger partial charge in [-0.3, -0.25) is 0 Å². The molecule has 1 aromatic carbocycles. The van der Waals surface area contributed by atoms with Gasteiger partial charge in [0.15, 0.2) is 0 Å². The summed E-state index contributed by atoms with van der Waals surface area (Å²) in [7, 11) is 0. The van der Waals surface area contributed by atoms with E-state index in [2.05, 4.69) is 21.2 Å². The van der Waals surface area contributed by atoms with Crippen molar-refractivity contribution in [2.75, 3.05) is 18.4 Å². The maximum atomic E-state index is 13.4. The van der Waals surface area contributed by atoms with Crippen LogP contribution in [-0.4, -0.2) is 29.9 Å². The van der Waals surface area contributed by atoms with Crippen LogP contribution in [0.15, 0.2) is 16.6 Å². The zero-order valence-electron chi connectivity index (χ0n) is 10.1. The lowest BCUT2D eigenvalue weighted by atomic mass is 10.2. The Hall–Kier alpha value is -1.24. The van der Waals surface area contributed by atoms with Gasteiger partial charge < -0.3 is 10.2 Å². The molecule has 1 aliphatic heterocycles. The molecule has 1 heterocycles. The highest BCUT2D eigenvalue weighted by molar-refractivity contribution is 9.10. The summed E-state index contributed by atoms with van der Waals surface area (Å²) >= 11 is 3.03. The lowest BCUT2D eigenvalue weighted by Gasteiger charge is -2.18. The summed E-state index contributed by atoms with van der Waals surface area (Å²) in [6, 6.07) is 2.04. The number of carbonyl (C=O) groups is 1. The van der Waals surface area contributed by atoms with Crippen LogP contribution in [-0.2, 0) is 0 Å². The third-order valence-corrected chi connectivity index (χ3v) is 3.57. The number of aryl methyl sites for hydroxylation is 1. The number of carbonyl (C=O) groups excluding carboxylic acids is 1. The van der Waals surface area contributed by atoms with Crippen LogP contribution in [0, 0.1) is 12.7 Å². The number of likely N-dealkylation sites (tertiary alicyclic amines) is 1. The Morgan fingerprint density at radius 3 is 2.74 bits per heavy atom. The monoisotopic (exact) mass is 336 g/mol. The van der Waals surface area contributed by atoms with Crippen LogP contribution in [0.4, 0.5) is 23.7 Å². The summed E-state index contributed by atoms with van der Waals surface area (Å²) in [6.45, 7) is 1.09. The van der Waals surface area contributed by atoms with Gasteiger partial charge in [-0.1, -0.05) is 0 Å². The maximum Gasteiger partial charge on any atom is 0.322 e. The number of rotatable bonds is 1. The van der Waals surface area contributed by atoms with Crippen LogP contribution in [0.25, 0.3) is 0 Å². The van der Waals surface area contributed by atoms with Gasteiger partial charge in [0.1, 0.15) is 5.82 Å². The molecular weight excluding hydrogens is 325 g/mol. The molecule has 104 valence electrons. The number of benzene rings is 1. The SMILES string of the molecule is Cc1cc(Br)c(F)cc1NC(=O)N1CCC(F)(F)C1. The van der Waals surface area contributed by atoms with Crippen molar-refractivity contribution < 1.29 is 18.0 Å². The quantitative estimate of drug-likeness (QED) is 0.831. The number of nitrogens with zero attached hydrogens (tertiary/aromatic N) is 1. The lowest BCUT2D eigenvalue weighted by molar-refractivity contribution is 0.0159. The van der Waals surface area contributed by atoms with E-state index in [4.69, 9.17) is 0 Å². The van der Waals surface area contributed by atoms with E-state index in [0.717, 1.165) is 11.0 Å². The summed E-state index contributed by atoms with van der Waals surface area (Å²) < 4.78 is 39.7. The van der Waals surface area contributed by atoms with Crippen LogP contribution in [0.1, 0.15) is 12.0 Å². The average molecular weight is 337 g/mol. The van der Waals surface area contributed by atoms with Gasteiger partial charge in [-0.15, -0.1) is 0 Å². The molecule has 2 rings (SSSR count). The molecule has 1 aromatic rings. The Morgan fingerprint density at radius 2 is 2.16 bits per heavy atom. The number of hydrogen-bond donors (Lipinski definition) is 1.